The fourth-order valence-electron chi connectivity index (χ4n) is 3.96. The summed E-state index contributed by atoms with van der Waals surface area (Å²) in [6.07, 6.45) is 1.72. The second kappa shape index (κ2) is 9.91. The number of esters is 1. The number of fused-ring (bicyclic) bond motifs is 1. The maximum atomic E-state index is 13.7. The summed E-state index contributed by atoms with van der Waals surface area (Å²) in [5.41, 5.74) is 7.48. The topological polar surface area (TPSA) is 117 Å². The molecule has 0 bridgehead atoms. The third kappa shape index (κ3) is 4.32. The molecule has 1 unspecified atom stereocenters. The van der Waals surface area contributed by atoms with Crippen LogP contribution in [0.3, 0.4) is 0 Å². The fraction of sp³-hybridized carbons (Fsp3) is 0.192. The minimum absolute atomic E-state index is 0.00653. The van der Waals surface area contributed by atoms with E-state index in [1.807, 2.05) is 12.1 Å². The lowest BCUT2D eigenvalue weighted by molar-refractivity contribution is -0.136. The second-order valence-electron chi connectivity index (χ2n) is 7.58. The van der Waals surface area contributed by atoms with E-state index < -0.39 is 12.0 Å². The summed E-state index contributed by atoms with van der Waals surface area (Å²) in [6, 6.07) is 15.6. The van der Waals surface area contributed by atoms with Crippen molar-refractivity contribution in [3.05, 3.63) is 90.5 Å². The molecule has 35 heavy (non-hydrogen) atoms. The van der Waals surface area contributed by atoms with Gasteiger partial charge in [-0.1, -0.05) is 24.3 Å². The van der Waals surface area contributed by atoms with Crippen molar-refractivity contribution in [2.75, 3.05) is 20.8 Å². The molecule has 1 aromatic heterocycles. The average Bonchev–Trinajstić information content (AvgIpc) is 3.18. The van der Waals surface area contributed by atoms with Crippen molar-refractivity contribution in [2.24, 2.45) is 5.73 Å². The van der Waals surface area contributed by atoms with E-state index in [0.717, 1.165) is 16.9 Å². The lowest BCUT2D eigenvalue weighted by Crippen LogP contribution is -2.41. The number of hydrogen-bond donors (Lipinski definition) is 1. The minimum atomic E-state index is -0.834. The first-order valence-corrected chi connectivity index (χ1v) is 11.6. The number of hydrogen-bond acceptors (Lipinski definition) is 8. The predicted octanol–water partition coefficient (Wildman–Crippen LogP) is 1.81. The predicted molar refractivity (Wildman–Crippen MR) is 132 cm³/mol. The highest BCUT2D eigenvalue weighted by Crippen LogP contribution is 2.32. The third-order valence-corrected chi connectivity index (χ3v) is 6.67. The molecule has 4 rings (SSSR count). The lowest BCUT2D eigenvalue weighted by Gasteiger charge is -2.25. The molecule has 2 N–H and O–H groups in total. The molecule has 2 aromatic carbocycles. The number of benzene rings is 2. The maximum absolute atomic E-state index is 13.7. The minimum Gasteiger partial charge on any atom is -0.497 e. The van der Waals surface area contributed by atoms with Gasteiger partial charge in [0.25, 0.3) is 5.56 Å². The van der Waals surface area contributed by atoms with Gasteiger partial charge in [-0.25, -0.2) is 4.79 Å². The summed E-state index contributed by atoms with van der Waals surface area (Å²) in [7, 11) is 3.10. The SMILES string of the molecule is CCOC(=O)C1=c2s/c(=C/c3cccc(OC)c3)c(=O)n2C(c2cccc(OC)c2)C(C#N)=C1N. The molecule has 0 saturated heterocycles. The van der Waals surface area contributed by atoms with Crippen LogP contribution in [0.4, 0.5) is 0 Å². The summed E-state index contributed by atoms with van der Waals surface area (Å²) >= 11 is 1.12. The quantitative estimate of drug-likeness (QED) is 0.525. The fourth-order valence-corrected chi connectivity index (χ4v) is 5.13. The molecule has 0 amide bonds. The van der Waals surface area contributed by atoms with Crippen molar-refractivity contribution >= 4 is 29.0 Å². The highest BCUT2D eigenvalue weighted by molar-refractivity contribution is 7.07. The van der Waals surface area contributed by atoms with Crippen LogP contribution in [0.2, 0.25) is 0 Å². The van der Waals surface area contributed by atoms with Crippen LogP contribution in [-0.4, -0.2) is 31.4 Å². The van der Waals surface area contributed by atoms with Crippen LogP contribution >= 0.6 is 11.3 Å². The molecular weight excluding hydrogens is 466 g/mol. The van der Waals surface area contributed by atoms with Crippen LogP contribution in [0.1, 0.15) is 24.1 Å². The van der Waals surface area contributed by atoms with Crippen LogP contribution in [0, 0.1) is 11.3 Å². The molecule has 1 aliphatic rings. The Kier molecular flexibility index (Phi) is 6.75. The number of carbonyl (C=O) groups is 1. The van der Waals surface area contributed by atoms with Crippen molar-refractivity contribution in [1.82, 2.24) is 4.57 Å². The molecule has 8 nitrogen and oxygen atoms in total. The first-order chi connectivity index (χ1) is 16.9. The zero-order chi connectivity index (χ0) is 25.1. The van der Waals surface area contributed by atoms with Gasteiger partial charge in [0.05, 0.1) is 42.7 Å². The van der Waals surface area contributed by atoms with Gasteiger partial charge in [-0.05, 0) is 48.4 Å². The highest BCUT2D eigenvalue weighted by atomic mass is 32.1. The number of rotatable bonds is 6. The van der Waals surface area contributed by atoms with Crippen LogP contribution in [-0.2, 0) is 9.53 Å². The van der Waals surface area contributed by atoms with Crippen molar-refractivity contribution in [1.29, 1.82) is 5.26 Å². The summed E-state index contributed by atoms with van der Waals surface area (Å²) in [4.78, 5) is 26.6. The van der Waals surface area contributed by atoms with E-state index in [9.17, 15) is 14.9 Å². The summed E-state index contributed by atoms with van der Waals surface area (Å²) in [5, 5.41) is 10.0. The Morgan fingerprint density at radius 1 is 1.17 bits per heavy atom. The zero-order valence-corrected chi connectivity index (χ0v) is 20.2. The molecule has 0 fully saturated rings. The van der Waals surface area contributed by atoms with Gasteiger partial charge >= 0.3 is 5.97 Å². The van der Waals surface area contributed by atoms with Crippen molar-refractivity contribution in [3.63, 3.8) is 0 Å². The average molecular weight is 490 g/mol. The monoisotopic (exact) mass is 489 g/mol. The molecule has 0 aliphatic carbocycles. The van der Waals surface area contributed by atoms with E-state index >= 15 is 0 Å². The Bertz CT molecular complexity index is 1560. The van der Waals surface area contributed by atoms with E-state index in [1.54, 1.807) is 56.5 Å². The maximum Gasteiger partial charge on any atom is 0.343 e. The molecule has 2 heterocycles. The van der Waals surface area contributed by atoms with E-state index in [1.165, 1.54) is 11.7 Å². The van der Waals surface area contributed by atoms with Gasteiger partial charge in [-0.15, -0.1) is 11.3 Å². The van der Waals surface area contributed by atoms with E-state index in [4.69, 9.17) is 19.9 Å². The molecule has 0 saturated carbocycles. The number of aromatic nitrogens is 1. The molecule has 1 atom stereocenters. The first kappa shape index (κ1) is 23.9. The molecule has 3 aromatic rings. The number of nitriles is 1. The van der Waals surface area contributed by atoms with E-state index in [-0.39, 0.29) is 29.0 Å². The Morgan fingerprint density at radius 3 is 2.51 bits per heavy atom. The number of carbonyl (C=O) groups excluding carboxylic acids is 1. The van der Waals surface area contributed by atoms with Gasteiger partial charge in [-0.3, -0.25) is 9.36 Å². The number of allylic oxidation sites excluding steroid dienone is 1. The standard InChI is InChI=1S/C26H23N3O5S/c1-4-34-26(31)21-22(28)19(14-27)23(16-8-6-10-18(13-16)33-3)29-24(30)20(35-25(21)29)12-15-7-5-9-17(11-15)32-2/h5-13,23H,4,28H2,1-3H3/b20-12+. The van der Waals surface area contributed by atoms with Gasteiger partial charge in [-0.2, -0.15) is 5.26 Å². The van der Waals surface area contributed by atoms with Crippen LogP contribution in [0.25, 0.3) is 11.6 Å². The number of nitrogens with zero attached hydrogens (tertiary/aromatic N) is 2. The smallest absolute Gasteiger partial charge is 0.343 e. The van der Waals surface area contributed by atoms with Gasteiger partial charge in [0, 0.05) is 0 Å². The third-order valence-electron chi connectivity index (χ3n) is 5.56. The van der Waals surface area contributed by atoms with Gasteiger partial charge in [0.15, 0.2) is 0 Å². The van der Waals surface area contributed by atoms with Crippen molar-refractivity contribution in [3.8, 4) is 17.6 Å². The first-order valence-electron chi connectivity index (χ1n) is 10.8. The van der Waals surface area contributed by atoms with Crippen molar-refractivity contribution in [2.45, 2.75) is 13.0 Å². The van der Waals surface area contributed by atoms with Gasteiger partial charge in [0.1, 0.15) is 27.8 Å². The number of methoxy groups -OCH3 is 2. The molecule has 0 radical (unpaired) electrons. The normalized spacial score (nSPS) is 15.4. The molecule has 178 valence electrons. The largest absolute Gasteiger partial charge is 0.497 e. The molecule has 1 aliphatic heterocycles. The summed E-state index contributed by atoms with van der Waals surface area (Å²) < 4.78 is 18.0. The highest BCUT2D eigenvalue weighted by Gasteiger charge is 2.34. The van der Waals surface area contributed by atoms with Crippen LogP contribution in [0.5, 0.6) is 11.5 Å². The Labute approximate surface area is 205 Å². The summed E-state index contributed by atoms with van der Waals surface area (Å²) in [6.45, 7) is 1.80. The molecule has 0 spiro atoms. The lowest BCUT2D eigenvalue weighted by atomic mass is 9.93. The van der Waals surface area contributed by atoms with Gasteiger partial charge in [0.2, 0.25) is 0 Å². The summed E-state index contributed by atoms with van der Waals surface area (Å²) in [5.74, 6) is 0.516. The van der Waals surface area contributed by atoms with Gasteiger partial charge < -0.3 is 19.9 Å². The molecule has 9 heteroatoms. The number of thiazole rings is 1. The number of nitrogens with two attached hydrogens (primary N) is 1. The second-order valence-corrected chi connectivity index (χ2v) is 8.61. The Morgan fingerprint density at radius 2 is 1.86 bits per heavy atom. The van der Waals surface area contributed by atoms with Crippen LogP contribution < -0.4 is 30.0 Å². The van der Waals surface area contributed by atoms with E-state index in [0.29, 0.717) is 26.3 Å². The Hall–Kier alpha value is -4.29. The number of ether oxygens (including phenoxy) is 3. The zero-order valence-electron chi connectivity index (χ0n) is 19.4. The van der Waals surface area contributed by atoms with E-state index in [2.05, 4.69) is 6.07 Å². The Balaban J connectivity index is 2.08. The van der Waals surface area contributed by atoms with Crippen molar-refractivity contribution < 1.29 is 19.0 Å². The van der Waals surface area contributed by atoms with Crippen LogP contribution in [0.15, 0.2) is 64.6 Å². The molecular formula is C26H23N3O5S.